The quantitative estimate of drug-likeness (QED) is 0.350. The van der Waals surface area contributed by atoms with E-state index in [-0.39, 0.29) is 18.4 Å². The second kappa shape index (κ2) is 10.3. The van der Waals surface area contributed by atoms with Gasteiger partial charge < -0.3 is 10.6 Å². The number of amides is 2. The van der Waals surface area contributed by atoms with Gasteiger partial charge in [-0.2, -0.15) is 0 Å². The zero-order chi connectivity index (χ0) is 23.2. The lowest BCUT2D eigenvalue weighted by Gasteiger charge is -2.12. The number of hydrogen-bond donors (Lipinski definition) is 2. The Hall–Kier alpha value is -3.65. The van der Waals surface area contributed by atoms with Crippen LogP contribution in [0, 0.1) is 19.7 Å². The van der Waals surface area contributed by atoms with Crippen LogP contribution >= 0.6 is 11.8 Å². The molecule has 0 aliphatic heterocycles. The lowest BCUT2D eigenvalue weighted by atomic mass is 10.2. The fourth-order valence-electron chi connectivity index (χ4n) is 3.23. The van der Waals surface area contributed by atoms with Crippen molar-refractivity contribution in [1.82, 2.24) is 20.1 Å². The first-order chi connectivity index (χ1) is 16.0. The van der Waals surface area contributed by atoms with Crippen LogP contribution in [0.15, 0.2) is 78.0 Å². The highest BCUT2D eigenvalue weighted by molar-refractivity contribution is 7.98. The van der Waals surface area contributed by atoms with Crippen LogP contribution in [-0.4, -0.2) is 20.8 Å². The molecule has 0 spiro atoms. The van der Waals surface area contributed by atoms with Gasteiger partial charge in [0.1, 0.15) is 5.82 Å². The summed E-state index contributed by atoms with van der Waals surface area (Å²) in [6.07, 6.45) is 0. The summed E-state index contributed by atoms with van der Waals surface area (Å²) in [5.41, 5.74) is 4.77. The molecule has 0 saturated heterocycles. The van der Waals surface area contributed by atoms with Gasteiger partial charge in [-0.25, -0.2) is 9.18 Å². The second-order valence-electron chi connectivity index (χ2n) is 7.61. The van der Waals surface area contributed by atoms with Gasteiger partial charge >= 0.3 is 6.03 Å². The van der Waals surface area contributed by atoms with E-state index in [1.54, 1.807) is 12.1 Å². The number of aryl methyl sites for hydroxylation is 2. The number of urea groups is 1. The van der Waals surface area contributed by atoms with Gasteiger partial charge in [-0.1, -0.05) is 59.8 Å². The van der Waals surface area contributed by atoms with Crippen LogP contribution in [0.3, 0.4) is 0 Å². The average molecular weight is 462 g/mol. The Balaban J connectivity index is 1.51. The first kappa shape index (κ1) is 22.5. The number of anilines is 1. The van der Waals surface area contributed by atoms with Crippen LogP contribution in [0.25, 0.3) is 5.69 Å². The maximum Gasteiger partial charge on any atom is 0.319 e. The van der Waals surface area contributed by atoms with Crippen LogP contribution in [0.5, 0.6) is 0 Å². The van der Waals surface area contributed by atoms with Crippen molar-refractivity contribution in [3.05, 3.63) is 101 Å². The predicted molar refractivity (Wildman–Crippen MR) is 129 cm³/mol. The van der Waals surface area contributed by atoms with Crippen molar-refractivity contribution >= 4 is 23.5 Å². The van der Waals surface area contributed by atoms with E-state index in [1.807, 2.05) is 66.9 Å². The minimum atomic E-state index is -0.316. The summed E-state index contributed by atoms with van der Waals surface area (Å²) >= 11 is 1.50. The smallest absolute Gasteiger partial charge is 0.319 e. The molecule has 6 nitrogen and oxygen atoms in total. The molecule has 0 aliphatic rings. The first-order valence-electron chi connectivity index (χ1n) is 10.5. The molecule has 3 aromatic carbocycles. The summed E-state index contributed by atoms with van der Waals surface area (Å²) in [5.74, 6) is 0.968. The zero-order valence-corrected chi connectivity index (χ0v) is 19.2. The summed E-state index contributed by atoms with van der Waals surface area (Å²) in [4.78, 5) is 12.5. The Morgan fingerprint density at radius 3 is 2.42 bits per heavy atom. The van der Waals surface area contributed by atoms with Crippen LogP contribution in [0.2, 0.25) is 0 Å². The summed E-state index contributed by atoms with van der Waals surface area (Å²) in [5, 5.41) is 15.1. The van der Waals surface area contributed by atoms with Gasteiger partial charge in [0.2, 0.25) is 0 Å². The standard InChI is InChI=1S/C25H24FN5OS/c1-17-7-13-21(14-8-17)31-23(15-27-24(32)28-22-6-4-3-5-18(22)2)29-30-25(31)33-16-19-9-11-20(26)12-10-19/h3-14H,15-16H2,1-2H3,(H2,27,28,32). The number of thioether (sulfide) groups is 1. The van der Waals surface area contributed by atoms with Gasteiger partial charge in [0, 0.05) is 17.1 Å². The molecule has 2 N–H and O–H groups in total. The molecule has 0 unspecified atom stereocenters. The fourth-order valence-corrected chi connectivity index (χ4v) is 4.16. The third kappa shape index (κ3) is 5.78. The number of carbonyl (C=O) groups excluding carboxylic acids is 1. The number of hydrogen-bond acceptors (Lipinski definition) is 4. The largest absolute Gasteiger partial charge is 0.331 e. The molecule has 4 aromatic rings. The van der Waals surface area contributed by atoms with Crippen molar-refractivity contribution in [3.63, 3.8) is 0 Å². The van der Waals surface area contributed by atoms with Gasteiger partial charge in [-0.15, -0.1) is 10.2 Å². The number of nitrogens with one attached hydrogen (secondary N) is 2. The van der Waals surface area contributed by atoms with Gasteiger partial charge in [0.05, 0.1) is 6.54 Å². The molecule has 2 amide bonds. The number of rotatable bonds is 7. The van der Waals surface area contributed by atoms with Crippen LogP contribution in [0.4, 0.5) is 14.9 Å². The Labute approximate surface area is 196 Å². The van der Waals surface area contributed by atoms with Gasteiger partial charge in [0.15, 0.2) is 11.0 Å². The third-order valence-electron chi connectivity index (χ3n) is 5.07. The third-order valence-corrected chi connectivity index (χ3v) is 6.07. The van der Waals surface area contributed by atoms with E-state index in [9.17, 15) is 9.18 Å². The number of para-hydroxylation sites is 1. The number of nitrogens with zero attached hydrogens (tertiary/aromatic N) is 3. The van der Waals surface area contributed by atoms with Crippen LogP contribution in [-0.2, 0) is 12.3 Å². The molecule has 0 bridgehead atoms. The molecule has 0 radical (unpaired) electrons. The minimum Gasteiger partial charge on any atom is -0.331 e. The molecule has 0 atom stereocenters. The molecule has 8 heteroatoms. The number of carbonyl (C=O) groups is 1. The van der Waals surface area contributed by atoms with Gasteiger partial charge in [-0.3, -0.25) is 4.57 Å². The molecule has 1 aromatic heterocycles. The molecule has 0 fully saturated rings. The fraction of sp³-hybridized carbons (Fsp3) is 0.160. The topological polar surface area (TPSA) is 71.8 Å². The number of halogens is 1. The molecular weight excluding hydrogens is 437 g/mol. The maximum atomic E-state index is 13.2. The Kier molecular flexibility index (Phi) is 7.04. The van der Waals surface area contributed by atoms with Crippen LogP contribution in [0.1, 0.15) is 22.5 Å². The van der Waals surface area contributed by atoms with Gasteiger partial charge in [-0.05, 0) is 55.3 Å². The summed E-state index contributed by atoms with van der Waals surface area (Å²) in [7, 11) is 0. The average Bonchev–Trinajstić information content (AvgIpc) is 3.22. The molecule has 33 heavy (non-hydrogen) atoms. The molecule has 0 aliphatic carbocycles. The van der Waals surface area contributed by atoms with E-state index < -0.39 is 0 Å². The summed E-state index contributed by atoms with van der Waals surface area (Å²) in [6, 6.07) is 21.7. The lowest BCUT2D eigenvalue weighted by molar-refractivity contribution is 0.251. The molecule has 168 valence electrons. The van der Waals surface area contributed by atoms with E-state index in [0.717, 1.165) is 28.1 Å². The number of benzene rings is 3. The van der Waals surface area contributed by atoms with Gasteiger partial charge in [0.25, 0.3) is 0 Å². The van der Waals surface area contributed by atoms with Crippen LogP contribution < -0.4 is 10.6 Å². The minimum absolute atomic E-state index is 0.204. The molecule has 1 heterocycles. The van der Waals surface area contributed by atoms with E-state index >= 15 is 0 Å². The molecule has 4 rings (SSSR count). The highest BCUT2D eigenvalue weighted by atomic mass is 32.2. The van der Waals surface area contributed by atoms with E-state index in [4.69, 9.17) is 0 Å². The lowest BCUT2D eigenvalue weighted by Crippen LogP contribution is -2.29. The van der Waals surface area contributed by atoms with Crippen molar-refractivity contribution in [2.75, 3.05) is 5.32 Å². The van der Waals surface area contributed by atoms with Crippen molar-refractivity contribution in [2.24, 2.45) is 0 Å². The Morgan fingerprint density at radius 1 is 0.970 bits per heavy atom. The zero-order valence-electron chi connectivity index (χ0n) is 18.4. The monoisotopic (exact) mass is 461 g/mol. The summed E-state index contributed by atoms with van der Waals surface area (Å²) in [6.45, 7) is 4.17. The van der Waals surface area contributed by atoms with Crippen molar-refractivity contribution in [2.45, 2.75) is 31.3 Å². The van der Waals surface area contributed by atoms with E-state index in [2.05, 4.69) is 20.8 Å². The number of aromatic nitrogens is 3. The summed E-state index contributed by atoms with van der Waals surface area (Å²) < 4.78 is 15.1. The Bertz CT molecular complexity index is 1240. The van der Waals surface area contributed by atoms with Crippen molar-refractivity contribution in [1.29, 1.82) is 0 Å². The Morgan fingerprint density at radius 2 is 1.70 bits per heavy atom. The molecular formula is C25H24FN5OS. The highest BCUT2D eigenvalue weighted by Gasteiger charge is 2.16. The first-order valence-corrected chi connectivity index (χ1v) is 11.5. The molecule has 0 saturated carbocycles. The van der Waals surface area contributed by atoms with E-state index in [0.29, 0.717) is 16.7 Å². The normalized spacial score (nSPS) is 10.8. The maximum absolute atomic E-state index is 13.2. The van der Waals surface area contributed by atoms with Crippen molar-refractivity contribution in [3.8, 4) is 5.69 Å². The SMILES string of the molecule is Cc1ccc(-n2c(CNC(=O)Nc3ccccc3C)nnc2SCc2ccc(F)cc2)cc1. The van der Waals surface area contributed by atoms with E-state index in [1.165, 1.54) is 23.9 Å². The second-order valence-corrected chi connectivity index (χ2v) is 8.55. The van der Waals surface area contributed by atoms with Crippen molar-refractivity contribution < 1.29 is 9.18 Å². The predicted octanol–water partition coefficient (Wildman–Crippen LogP) is 5.64. The highest BCUT2D eigenvalue weighted by Crippen LogP contribution is 2.26.